The predicted molar refractivity (Wildman–Crippen MR) is 137 cm³/mol. The van der Waals surface area contributed by atoms with Gasteiger partial charge in [-0.2, -0.15) is 0 Å². The minimum Gasteiger partial charge on any atom is -0.394 e. The lowest BCUT2D eigenvalue weighted by Crippen LogP contribution is -2.63. The van der Waals surface area contributed by atoms with E-state index in [-0.39, 0.29) is 25.2 Å². The number of ether oxygens (including phenoxy) is 5. The predicted octanol–water partition coefficient (Wildman–Crippen LogP) is -4.16. The van der Waals surface area contributed by atoms with Crippen LogP contribution in [0.5, 0.6) is 0 Å². The van der Waals surface area contributed by atoms with Gasteiger partial charge in [0.05, 0.1) is 49.8 Å². The van der Waals surface area contributed by atoms with Crippen LogP contribution in [0.3, 0.4) is 0 Å². The Kier molecular flexibility index (Phi) is 10.8. The summed E-state index contributed by atoms with van der Waals surface area (Å²) in [6.45, 7) is -1.24. The van der Waals surface area contributed by atoms with Crippen molar-refractivity contribution >= 4 is 0 Å². The Bertz CT molecular complexity index is 855. The number of rotatable bonds is 7. The third-order valence-corrected chi connectivity index (χ3v) is 9.69. The molecule has 0 bridgehead atoms. The molecule has 15 heteroatoms. The van der Waals surface area contributed by atoms with E-state index in [2.05, 4.69) is 0 Å². The summed E-state index contributed by atoms with van der Waals surface area (Å²) in [7, 11) is 0. The number of aliphatic hydroxyl groups is 10. The Morgan fingerprint density at radius 3 is 1.57 bits per heavy atom. The molecule has 5 rings (SSSR count). The second-order valence-corrected chi connectivity index (χ2v) is 12.5. The first kappa shape index (κ1) is 32.8. The number of aliphatic hydroxyl groups excluding tert-OH is 10. The molecule has 0 aromatic rings. The van der Waals surface area contributed by atoms with Crippen LogP contribution in [0.2, 0.25) is 0 Å². The van der Waals surface area contributed by atoms with Gasteiger partial charge in [0.25, 0.3) is 0 Å². The molecule has 5 fully saturated rings. The highest BCUT2D eigenvalue weighted by Gasteiger charge is 2.53. The quantitative estimate of drug-likeness (QED) is 0.131. The number of hydrogen-bond acceptors (Lipinski definition) is 15. The van der Waals surface area contributed by atoms with Gasteiger partial charge in [-0.3, -0.25) is 0 Å². The van der Waals surface area contributed by atoms with Crippen LogP contribution in [0.4, 0.5) is 0 Å². The van der Waals surface area contributed by atoms with Crippen molar-refractivity contribution in [3.8, 4) is 0 Å². The summed E-state index contributed by atoms with van der Waals surface area (Å²) in [5.41, 5.74) is 0. The Morgan fingerprint density at radius 1 is 0.524 bits per heavy atom. The van der Waals surface area contributed by atoms with Gasteiger partial charge in [-0.05, 0) is 44.4 Å². The Labute approximate surface area is 243 Å². The Morgan fingerprint density at radius 2 is 1.05 bits per heavy atom. The van der Waals surface area contributed by atoms with E-state index < -0.39 is 117 Å². The lowest BCUT2D eigenvalue weighted by molar-refractivity contribution is -0.344. The maximum absolute atomic E-state index is 10.7. The number of hydrogen-bond donors (Lipinski definition) is 10. The molecule has 42 heavy (non-hydrogen) atoms. The molecule has 3 aliphatic heterocycles. The molecule has 3 saturated heterocycles. The average molecular weight is 611 g/mol. The lowest BCUT2D eigenvalue weighted by atomic mass is 9.73. The first-order valence-electron chi connectivity index (χ1n) is 15.0. The van der Waals surface area contributed by atoms with E-state index in [0.29, 0.717) is 25.7 Å². The van der Waals surface area contributed by atoms with Gasteiger partial charge >= 0.3 is 0 Å². The standard InChI is InChI=1S/C27H46O15/c28-8-17-19(32)21(34)23(36)26(41-17)39-15-6-12(31)5-14-13(15)7-16(25(38-14)10-1-3-11(30)4-2-10)40-27-24(37)22(35)20(33)18(9-29)42-27/h10-37H,1-9H2/t10?,11?,12?,13?,14?,15?,16?,17-,18-,19-,20-,21+,22+,23-,24-,25?,26-,27-/m0/s1. The molecule has 0 amide bonds. The van der Waals surface area contributed by atoms with Crippen molar-refractivity contribution in [2.45, 2.75) is 143 Å². The minimum atomic E-state index is -1.64. The fraction of sp³-hybridized carbons (Fsp3) is 1.00. The molecule has 15 nitrogen and oxygen atoms in total. The zero-order chi connectivity index (χ0) is 30.3. The average Bonchev–Trinajstić information content (AvgIpc) is 2.98. The van der Waals surface area contributed by atoms with E-state index >= 15 is 0 Å². The molecule has 0 aromatic heterocycles. The second kappa shape index (κ2) is 13.8. The van der Waals surface area contributed by atoms with Crippen LogP contribution >= 0.6 is 0 Å². The first-order chi connectivity index (χ1) is 20.0. The van der Waals surface area contributed by atoms with Crippen LogP contribution < -0.4 is 0 Å². The highest BCUT2D eigenvalue weighted by Crippen LogP contribution is 2.44. The summed E-state index contributed by atoms with van der Waals surface area (Å²) in [6, 6.07) is 0. The van der Waals surface area contributed by atoms with E-state index in [9.17, 15) is 51.1 Å². The number of fused-ring (bicyclic) bond motifs is 1. The fourth-order valence-electron chi connectivity index (χ4n) is 7.21. The molecule has 3 heterocycles. The van der Waals surface area contributed by atoms with Crippen molar-refractivity contribution in [2.24, 2.45) is 11.8 Å². The Hall–Kier alpha value is -0.600. The molecule has 2 saturated carbocycles. The van der Waals surface area contributed by atoms with Crippen LogP contribution in [0.15, 0.2) is 0 Å². The van der Waals surface area contributed by atoms with Crippen LogP contribution in [0.1, 0.15) is 44.9 Å². The second-order valence-electron chi connectivity index (χ2n) is 12.5. The van der Waals surface area contributed by atoms with Crippen LogP contribution in [-0.2, 0) is 23.7 Å². The minimum absolute atomic E-state index is 0.0341. The zero-order valence-electron chi connectivity index (χ0n) is 23.3. The van der Waals surface area contributed by atoms with E-state index in [0.717, 1.165) is 0 Å². The maximum atomic E-state index is 10.7. The molecule has 0 radical (unpaired) electrons. The third kappa shape index (κ3) is 6.66. The van der Waals surface area contributed by atoms with Gasteiger partial charge in [-0.1, -0.05) is 0 Å². The fourth-order valence-corrected chi connectivity index (χ4v) is 7.21. The van der Waals surface area contributed by atoms with Crippen LogP contribution in [-0.4, -0.2) is 162 Å². The summed E-state index contributed by atoms with van der Waals surface area (Å²) in [5, 5.41) is 102. The van der Waals surface area contributed by atoms with Gasteiger partial charge in [0.1, 0.15) is 48.8 Å². The summed E-state index contributed by atoms with van der Waals surface area (Å²) < 4.78 is 30.1. The topological polar surface area (TPSA) is 248 Å². The highest BCUT2D eigenvalue weighted by molar-refractivity contribution is 4.99. The third-order valence-electron chi connectivity index (χ3n) is 9.69. The van der Waals surface area contributed by atoms with Crippen LogP contribution in [0, 0.1) is 11.8 Å². The first-order valence-corrected chi connectivity index (χ1v) is 15.0. The molecule has 5 aliphatic rings. The summed E-state index contributed by atoms with van der Waals surface area (Å²) in [6.07, 6.45) is -15.5. The molecular formula is C27H46O15. The van der Waals surface area contributed by atoms with Gasteiger partial charge in [-0.25, -0.2) is 0 Å². The molecule has 16 atom stereocenters. The summed E-state index contributed by atoms with van der Waals surface area (Å²) in [5.74, 6) is -0.464. The molecule has 10 N–H and O–H groups in total. The lowest BCUT2D eigenvalue weighted by Gasteiger charge is -2.52. The van der Waals surface area contributed by atoms with Gasteiger partial charge in [0.2, 0.25) is 0 Å². The molecule has 6 unspecified atom stereocenters. The molecular weight excluding hydrogens is 564 g/mol. The van der Waals surface area contributed by atoms with Crippen LogP contribution in [0.25, 0.3) is 0 Å². The SMILES string of the molecule is OC[C@@H]1O[C@H](OC2CC(O)CC3OC(C4CCC(O)CC4)C(O[C@H]4O[C@@H](CO)[C@H](O)[C@@H](O)[C@@H]4O)CC32)[C@@H](O)[C@H](O)[C@H]1O. The molecule has 2 aliphatic carbocycles. The van der Waals surface area contributed by atoms with Gasteiger partial charge < -0.3 is 74.7 Å². The highest BCUT2D eigenvalue weighted by atomic mass is 16.7. The van der Waals surface area contributed by atoms with Crippen molar-refractivity contribution in [2.75, 3.05) is 13.2 Å². The monoisotopic (exact) mass is 610 g/mol. The molecule has 0 aromatic carbocycles. The van der Waals surface area contributed by atoms with E-state index in [1.54, 1.807) is 0 Å². The van der Waals surface area contributed by atoms with Crippen molar-refractivity contribution in [1.29, 1.82) is 0 Å². The Balaban J connectivity index is 1.36. The van der Waals surface area contributed by atoms with E-state index in [4.69, 9.17) is 23.7 Å². The van der Waals surface area contributed by atoms with Crippen molar-refractivity contribution in [1.82, 2.24) is 0 Å². The maximum Gasteiger partial charge on any atom is 0.187 e. The van der Waals surface area contributed by atoms with Crippen molar-refractivity contribution in [3.63, 3.8) is 0 Å². The van der Waals surface area contributed by atoms with E-state index in [1.165, 1.54) is 0 Å². The van der Waals surface area contributed by atoms with Crippen molar-refractivity contribution < 1.29 is 74.7 Å². The van der Waals surface area contributed by atoms with E-state index in [1.807, 2.05) is 0 Å². The molecule has 0 spiro atoms. The van der Waals surface area contributed by atoms with Gasteiger partial charge in [0, 0.05) is 12.3 Å². The summed E-state index contributed by atoms with van der Waals surface area (Å²) in [4.78, 5) is 0. The van der Waals surface area contributed by atoms with Crippen molar-refractivity contribution in [3.05, 3.63) is 0 Å². The zero-order valence-corrected chi connectivity index (χ0v) is 23.3. The normalized spacial score (nSPS) is 53.9. The smallest absolute Gasteiger partial charge is 0.187 e. The summed E-state index contributed by atoms with van der Waals surface area (Å²) >= 11 is 0. The van der Waals surface area contributed by atoms with Gasteiger partial charge in [0.15, 0.2) is 12.6 Å². The molecule has 244 valence electrons. The largest absolute Gasteiger partial charge is 0.394 e. The van der Waals surface area contributed by atoms with Gasteiger partial charge in [-0.15, -0.1) is 0 Å².